The SMILES string of the molecule is Nc1nc(C(N=O)C(=O)N[C@@H]2C(=O)N3C(C(=O)O)=C(Sc4ccncc4SCC(N)CO)CS[C@@H]23)cs1. The van der Waals surface area contributed by atoms with Crippen LogP contribution in [0.15, 0.2) is 49.4 Å². The maximum absolute atomic E-state index is 13.0. The summed E-state index contributed by atoms with van der Waals surface area (Å²) in [6, 6.07) is -1.19. The fourth-order valence-corrected chi connectivity index (χ4v) is 7.70. The molecule has 37 heavy (non-hydrogen) atoms. The average molecular weight is 584 g/mol. The fraction of sp³-hybridized carbons (Fsp3) is 0.350. The molecule has 2 aromatic rings. The number of carbonyl (C=O) groups excluding carboxylic acids is 2. The minimum absolute atomic E-state index is 0.0747. The minimum atomic E-state index is -1.48. The Morgan fingerprint density at radius 1 is 1.38 bits per heavy atom. The Labute approximate surface area is 226 Å². The third-order valence-corrected chi connectivity index (χ3v) is 9.95. The lowest BCUT2D eigenvalue weighted by atomic mass is 10.0. The Kier molecular flexibility index (Phi) is 8.71. The van der Waals surface area contributed by atoms with Gasteiger partial charge in [-0.2, -0.15) is 0 Å². The number of rotatable bonds is 11. The molecule has 1 saturated heterocycles. The van der Waals surface area contributed by atoms with E-state index in [2.05, 4.69) is 20.5 Å². The summed E-state index contributed by atoms with van der Waals surface area (Å²) in [7, 11) is 0. The summed E-state index contributed by atoms with van der Waals surface area (Å²) < 4.78 is 0. The second kappa shape index (κ2) is 11.8. The molecule has 196 valence electrons. The monoisotopic (exact) mass is 583 g/mol. The number of thioether (sulfide) groups is 3. The van der Waals surface area contributed by atoms with Gasteiger partial charge in [0.15, 0.2) is 5.13 Å². The zero-order valence-corrected chi connectivity index (χ0v) is 22.1. The molecule has 2 aromatic heterocycles. The molecule has 2 aliphatic rings. The van der Waals surface area contributed by atoms with Crippen molar-refractivity contribution in [3.05, 3.63) is 45.0 Å². The normalized spacial score (nSPS) is 20.6. The van der Waals surface area contributed by atoms with Gasteiger partial charge < -0.3 is 27.0 Å². The minimum Gasteiger partial charge on any atom is -0.477 e. The van der Waals surface area contributed by atoms with Crippen molar-refractivity contribution >= 4 is 69.5 Å². The van der Waals surface area contributed by atoms with E-state index in [9.17, 15) is 29.5 Å². The number of nitrogens with zero attached hydrogens (tertiary/aromatic N) is 4. The van der Waals surface area contributed by atoms with Crippen molar-refractivity contribution in [2.45, 2.75) is 33.3 Å². The highest BCUT2D eigenvalue weighted by Gasteiger charge is 2.54. The number of thiazole rings is 1. The third kappa shape index (κ3) is 5.75. The molecule has 0 radical (unpaired) electrons. The Morgan fingerprint density at radius 2 is 2.16 bits per heavy atom. The van der Waals surface area contributed by atoms with Crippen LogP contribution >= 0.6 is 46.6 Å². The van der Waals surface area contributed by atoms with Gasteiger partial charge in [0, 0.05) is 50.0 Å². The van der Waals surface area contributed by atoms with E-state index >= 15 is 0 Å². The number of carbonyl (C=O) groups is 3. The van der Waals surface area contributed by atoms with Crippen LogP contribution in [-0.4, -0.2) is 78.4 Å². The smallest absolute Gasteiger partial charge is 0.353 e. The van der Waals surface area contributed by atoms with Gasteiger partial charge in [0.25, 0.3) is 11.8 Å². The summed E-state index contributed by atoms with van der Waals surface area (Å²) in [5, 5.41) is 25.4. The zero-order chi connectivity index (χ0) is 26.7. The molecule has 0 spiro atoms. The molecule has 0 saturated carbocycles. The van der Waals surface area contributed by atoms with Crippen LogP contribution < -0.4 is 16.8 Å². The molecule has 13 nitrogen and oxygen atoms in total. The van der Waals surface area contributed by atoms with Crippen molar-refractivity contribution in [3.8, 4) is 0 Å². The van der Waals surface area contributed by atoms with E-state index in [4.69, 9.17) is 11.5 Å². The standard InChI is InChI=1S/C20H21N7O6S4/c21-8(4-28)5-34-11-3-23-2-1-10(11)37-12-7-35-18-14(17(30)27(18)15(12)19(31)32)25-16(29)13(26-33)9-6-36-20(22)24-9/h1-3,6,8,13-14,18,28H,4-5,7,21H2,(H2,22,24)(H,25,29)(H,31,32)/t8?,13?,14-,18+/m1/s1. The number of aliphatic hydroxyl groups excluding tert-OH is 1. The second-order valence-corrected chi connectivity index (χ2v) is 12.0. The van der Waals surface area contributed by atoms with Gasteiger partial charge in [0.2, 0.25) is 6.04 Å². The van der Waals surface area contributed by atoms with E-state index in [1.807, 2.05) is 0 Å². The van der Waals surface area contributed by atoms with Gasteiger partial charge in [0.05, 0.1) is 12.3 Å². The van der Waals surface area contributed by atoms with Crippen molar-refractivity contribution in [2.75, 3.05) is 23.8 Å². The first-order valence-corrected chi connectivity index (χ1v) is 14.3. The average Bonchev–Trinajstić information content (AvgIpc) is 3.31. The van der Waals surface area contributed by atoms with E-state index in [0.717, 1.165) is 26.0 Å². The molecule has 2 amide bonds. The number of aromatic nitrogens is 2. The molecule has 0 aliphatic carbocycles. The number of carboxylic acid groups (broad SMARTS) is 1. The molecule has 1 fully saturated rings. The van der Waals surface area contributed by atoms with Gasteiger partial charge >= 0.3 is 5.97 Å². The molecule has 4 heterocycles. The van der Waals surface area contributed by atoms with E-state index in [0.29, 0.717) is 10.7 Å². The molecule has 17 heteroatoms. The lowest BCUT2D eigenvalue weighted by Crippen LogP contribution is -2.70. The number of carboxylic acids is 1. The summed E-state index contributed by atoms with van der Waals surface area (Å²) in [4.78, 5) is 60.2. The van der Waals surface area contributed by atoms with Crippen LogP contribution in [0.5, 0.6) is 0 Å². The Hall–Kier alpha value is -2.70. The van der Waals surface area contributed by atoms with Crippen LogP contribution in [0.1, 0.15) is 11.7 Å². The van der Waals surface area contributed by atoms with Crippen LogP contribution in [-0.2, 0) is 14.4 Å². The summed E-state index contributed by atoms with van der Waals surface area (Å²) >= 11 is 4.93. The largest absolute Gasteiger partial charge is 0.477 e. The van der Waals surface area contributed by atoms with Crippen LogP contribution in [0, 0.1) is 4.91 Å². The topological polar surface area (TPSA) is 214 Å². The number of aliphatic carboxylic acids is 1. The number of nitrogens with two attached hydrogens (primary N) is 2. The number of anilines is 1. The number of aliphatic hydroxyl groups is 1. The second-order valence-electron chi connectivity index (χ2n) is 7.77. The highest BCUT2D eigenvalue weighted by atomic mass is 32.2. The lowest BCUT2D eigenvalue weighted by Gasteiger charge is -2.49. The number of amides is 2. The number of hydrogen-bond donors (Lipinski definition) is 5. The Balaban J connectivity index is 1.51. The predicted octanol–water partition coefficient (Wildman–Crippen LogP) is 0.828. The number of fused-ring (bicyclic) bond motifs is 1. The van der Waals surface area contributed by atoms with Gasteiger partial charge in [0.1, 0.15) is 17.1 Å². The number of pyridine rings is 1. The number of hydrogen-bond acceptors (Lipinski definition) is 14. The maximum Gasteiger partial charge on any atom is 0.353 e. The van der Waals surface area contributed by atoms with Crippen molar-refractivity contribution in [1.29, 1.82) is 0 Å². The Morgan fingerprint density at radius 3 is 2.81 bits per heavy atom. The number of nitrogen functional groups attached to an aromatic ring is 1. The van der Waals surface area contributed by atoms with Gasteiger partial charge in [-0.25, -0.2) is 9.78 Å². The maximum atomic E-state index is 13.0. The number of nitrogens with one attached hydrogen (secondary N) is 1. The molecule has 4 rings (SSSR count). The molecular formula is C20H21N7O6S4. The fourth-order valence-electron chi connectivity index (χ4n) is 3.51. The van der Waals surface area contributed by atoms with Crippen molar-refractivity contribution in [1.82, 2.24) is 20.2 Å². The van der Waals surface area contributed by atoms with Crippen LogP contribution in [0.3, 0.4) is 0 Å². The lowest BCUT2D eigenvalue weighted by molar-refractivity contribution is -0.150. The summed E-state index contributed by atoms with van der Waals surface area (Å²) in [5.41, 5.74) is 11.3. The van der Waals surface area contributed by atoms with Crippen molar-refractivity contribution in [3.63, 3.8) is 0 Å². The first kappa shape index (κ1) is 27.3. The Bertz CT molecular complexity index is 1260. The van der Waals surface area contributed by atoms with Gasteiger partial charge in [-0.3, -0.25) is 19.5 Å². The van der Waals surface area contributed by atoms with Crippen LogP contribution in [0.2, 0.25) is 0 Å². The summed E-state index contributed by atoms with van der Waals surface area (Å²) in [6.07, 6.45) is 3.20. The molecule has 7 N–H and O–H groups in total. The highest BCUT2D eigenvalue weighted by Crippen LogP contribution is 2.46. The van der Waals surface area contributed by atoms with Gasteiger partial charge in [-0.05, 0) is 11.2 Å². The highest BCUT2D eigenvalue weighted by molar-refractivity contribution is 8.07. The first-order valence-electron chi connectivity index (χ1n) is 10.6. The third-order valence-electron chi connectivity index (χ3n) is 5.27. The molecular weight excluding hydrogens is 563 g/mol. The number of β-lactam (4-membered cyclic amide) rings is 1. The van der Waals surface area contributed by atoms with Crippen molar-refractivity contribution in [2.24, 2.45) is 10.9 Å². The molecule has 2 aliphatic heterocycles. The van der Waals surface area contributed by atoms with E-state index in [1.54, 1.807) is 18.5 Å². The molecule has 0 bridgehead atoms. The zero-order valence-electron chi connectivity index (χ0n) is 18.8. The van der Waals surface area contributed by atoms with Crippen LogP contribution in [0.4, 0.5) is 5.13 Å². The quantitative estimate of drug-likeness (QED) is 0.141. The van der Waals surface area contributed by atoms with E-state index < -0.39 is 41.3 Å². The predicted molar refractivity (Wildman–Crippen MR) is 141 cm³/mol. The summed E-state index contributed by atoms with van der Waals surface area (Å²) in [6.45, 7) is -0.168. The van der Waals surface area contributed by atoms with Gasteiger partial charge in [-0.1, -0.05) is 11.8 Å². The molecule has 2 unspecified atom stereocenters. The number of nitroso groups, excluding NO2 is 1. The van der Waals surface area contributed by atoms with Gasteiger partial charge in [-0.15, -0.1) is 39.8 Å². The van der Waals surface area contributed by atoms with Crippen LogP contribution in [0.25, 0.3) is 0 Å². The molecule has 0 aromatic carbocycles. The first-order chi connectivity index (χ1) is 17.7. The molecule has 4 atom stereocenters. The van der Waals surface area contributed by atoms with Crippen molar-refractivity contribution < 1.29 is 24.6 Å². The van der Waals surface area contributed by atoms with E-state index in [1.165, 1.54) is 40.7 Å². The summed E-state index contributed by atoms with van der Waals surface area (Å²) in [5.74, 6) is -2.00. The van der Waals surface area contributed by atoms with E-state index in [-0.39, 0.29) is 28.9 Å².